The standard InChI is InChI=1S/C23H28N2O5/c1-5-15-6-8-17(9-7-15)24-23(27)25-11-10-16-12-20(28-2)21(29-3)13-18(16)19(25)14-22(26)30-4/h6-9,12-13,19H,5,10-11,14H2,1-4H3,(H,24,27)/t19-/m1/s1. The number of hydrogen-bond donors (Lipinski definition) is 1. The fourth-order valence-electron chi connectivity index (χ4n) is 3.75. The molecule has 0 saturated heterocycles. The number of benzene rings is 2. The van der Waals surface area contributed by atoms with E-state index < -0.39 is 6.04 Å². The summed E-state index contributed by atoms with van der Waals surface area (Å²) in [5, 5.41) is 2.95. The van der Waals surface area contributed by atoms with Crippen LogP contribution in [-0.2, 0) is 22.4 Å². The Kier molecular flexibility index (Phi) is 6.82. The van der Waals surface area contributed by atoms with Crippen molar-refractivity contribution in [2.24, 2.45) is 0 Å². The molecular formula is C23H28N2O5. The molecule has 0 aliphatic carbocycles. The molecule has 2 aromatic rings. The van der Waals surface area contributed by atoms with Crippen molar-refractivity contribution in [3.05, 3.63) is 53.1 Å². The minimum Gasteiger partial charge on any atom is -0.493 e. The molecule has 1 heterocycles. The number of nitrogens with zero attached hydrogens (tertiary/aromatic N) is 1. The average Bonchev–Trinajstić information content (AvgIpc) is 2.78. The molecule has 160 valence electrons. The van der Waals surface area contributed by atoms with Crippen LogP contribution < -0.4 is 14.8 Å². The zero-order valence-electron chi connectivity index (χ0n) is 17.9. The Balaban J connectivity index is 1.91. The minimum atomic E-state index is -0.462. The topological polar surface area (TPSA) is 77.1 Å². The van der Waals surface area contributed by atoms with Gasteiger partial charge in [-0.15, -0.1) is 0 Å². The third-order valence-corrected chi connectivity index (χ3v) is 5.46. The quantitative estimate of drug-likeness (QED) is 0.727. The Morgan fingerprint density at radius 1 is 1.07 bits per heavy atom. The van der Waals surface area contributed by atoms with Crippen molar-refractivity contribution >= 4 is 17.7 Å². The highest BCUT2D eigenvalue weighted by Crippen LogP contribution is 2.39. The Morgan fingerprint density at radius 3 is 2.33 bits per heavy atom. The van der Waals surface area contributed by atoms with Crippen molar-refractivity contribution in [3.63, 3.8) is 0 Å². The summed E-state index contributed by atoms with van der Waals surface area (Å²) >= 11 is 0. The molecule has 0 aromatic heterocycles. The molecule has 0 unspecified atom stereocenters. The first-order chi connectivity index (χ1) is 14.5. The Morgan fingerprint density at radius 2 is 1.73 bits per heavy atom. The van der Waals surface area contributed by atoms with Crippen LogP contribution in [-0.4, -0.2) is 44.8 Å². The summed E-state index contributed by atoms with van der Waals surface area (Å²) in [6, 6.07) is 10.8. The second-order valence-electron chi connectivity index (χ2n) is 7.13. The van der Waals surface area contributed by atoms with E-state index in [1.807, 2.05) is 36.4 Å². The number of carbonyl (C=O) groups excluding carboxylic acids is 2. The van der Waals surface area contributed by atoms with Gasteiger partial charge in [-0.1, -0.05) is 19.1 Å². The van der Waals surface area contributed by atoms with Crippen LogP contribution in [0.1, 0.15) is 36.1 Å². The Hall–Kier alpha value is -3.22. The number of anilines is 1. The molecule has 1 aliphatic heterocycles. The largest absolute Gasteiger partial charge is 0.493 e. The molecule has 0 saturated carbocycles. The number of carbonyl (C=O) groups is 2. The number of rotatable bonds is 6. The third kappa shape index (κ3) is 4.50. The second-order valence-corrected chi connectivity index (χ2v) is 7.13. The van der Waals surface area contributed by atoms with Crippen LogP contribution in [0.25, 0.3) is 0 Å². The molecule has 30 heavy (non-hydrogen) atoms. The molecule has 0 radical (unpaired) electrons. The molecular weight excluding hydrogens is 384 g/mol. The second kappa shape index (κ2) is 9.52. The Bertz CT molecular complexity index is 911. The normalized spacial score (nSPS) is 15.2. The van der Waals surface area contributed by atoms with Gasteiger partial charge < -0.3 is 24.4 Å². The smallest absolute Gasteiger partial charge is 0.322 e. The van der Waals surface area contributed by atoms with Crippen molar-refractivity contribution < 1.29 is 23.8 Å². The van der Waals surface area contributed by atoms with Crippen LogP contribution in [0.5, 0.6) is 11.5 Å². The van der Waals surface area contributed by atoms with Gasteiger partial charge in [-0.2, -0.15) is 0 Å². The minimum absolute atomic E-state index is 0.0567. The molecule has 2 aromatic carbocycles. The van der Waals surface area contributed by atoms with Crippen molar-refractivity contribution in [1.82, 2.24) is 4.90 Å². The zero-order valence-corrected chi connectivity index (χ0v) is 17.9. The van der Waals surface area contributed by atoms with E-state index in [1.165, 1.54) is 12.7 Å². The molecule has 0 bridgehead atoms. The number of ether oxygens (including phenoxy) is 3. The highest BCUT2D eigenvalue weighted by atomic mass is 16.5. The number of hydrogen-bond acceptors (Lipinski definition) is 5. The number of nitrogens with one attached hydrogen (secondary N) is 1. The van der Waals surface area contributed by atoms with Crippen LogP contribution in [0.2, 0.25) is 0 Å². The average molecular weight is 412 g/mol. The molecule has 2 amide bonds. The highest BCUT2D eigenvalue weighted by molar-refractivity contribution is 5.90. The predicted octanol–water partition coefficient (Wildman–Crippen LogP) is 3.96. The molecule has 0 fully saturated rings. The lowest BCUT2D eigenvalue weighted by atomic mass is 9.90. The van der Waals surface area contributed by atoms with E-state index in [1.54, 1.807) is 19.1 Å². The monoisotopic (exact) mass is 412 g/mol. The van der Waals surface area contributed by atoms with Gasteiger partial charge in [-0.25, -0.2) is 4.79 Å². The summed E-state index contributed by atoms with van der Waals surface area (Å²) in [5.74, 6) is 0.804. The van der Waals surface area contributed by atoms with E-state index >= 15 is 0 Å². The molecule has 1 N–H and O–H groups in total. The SMILES string of the molecule is CCc1ccc(NC(=O)N2CCc3cc(OC)c(OC)cc3[C@H]2CC(=O)OC)cc1. The Labute approximate surface area is 176 Å². The first kappa shape index (κ1) is 21.5. The molecule has 3 rings (SSSR count). The van der Waals surface area contributed by atoms with Crippen molar-refractivity contribution in [3.8, 4) is 11.5 Å². The third-order valence-electron chi connectivity index (χ3n) is 5.46. The molecule has 0 spiro atoms. The number of methoxy groups -OCH3 is 3. The molecule has 7 heteroatoms. The van der Waals surface area contributed by atoms with Crippen molar-refractivity contribution in [1.29, 1.82) is 0 Å². The number of fused-ring (bicyclic) bond motifs is 1. The summed E-state index contributed by atoms with van der Waals surface area (Å²) < 4.78 is 15.7. The highest BCUT2D eigenvalue weighted by Gasteiger charge is 2.34. The summed E-state index contributed by atoms with van der Waals surface area (Å²) in [6.45, 7) is 2.56. The van der Waals surface area contributed by atoms with E-state index in [9.17, 15) is 9.59 Å². The lowest BCUT2D eigenvalue weighted by Gasteiger charge is -2.37. The van der Waals surface area contributed by atoms with Gasteiger partial charge in [0.2, 0.25) is 0 Å². The lowest BCUT2D eigenvalue weighted by Crippen LogP contribution is -2.43. The van der Waals surface area contributed by atoms with Crippen LogP contribution in [0.3, 0.4) is 0 Å². The van der Waals surface area contributed by atoms with Gasteiger partial charge >= 0.3 is 12.0 Å². The number of esters is 1. The van der Waals surface area contributed by atoms with Gasteiger partial charge in [0, 0.05) is 12.2 Å². The van der Waals surface area contributed by atoms with Crippen LogP contribution in [0.15, 0.2) is 36.4 Å². The van der Waals surface area contributed by atoms with Crippen LogP contribution in [0, 0.1) is 0 Å². The molecule has 1 aliphatic rings. The first-order valence-electron chi connectivity index (χ1n) is 9.98. The van der Waals surface area contributed by atoms with E-state index in [0.717, 1.165) is 17.5 Å². The van der Waals surface area contributed by atoms with Gasteiger partial charge in [0.15, 0.2) is 11.5 Å². The van der Waals surface area contributed by atoms with Gasteiger partial charge in [0.25, 0.3) is 0 Å². The van der Waals surface area contributed by atoms with Crippen LogP contribution in [0.4, 0.5) is 10.5 Å². The van der Waals surface area contributed by atoms with E-state index in [-0.39, 0.29) is 18.4 Å². The van der Waals surface area contributed by atoms with E-state index in [2.05, 4.69) is 12.2 Å². The molecule has 1 atom stereocenters. The van der Waals surface area contributed by atoms with Gasteiger partial charge in [-0.05, 0) is 53.8 Å². The summed E-state index contributed by atoms with van der Waals surface area (Å²) in [5.41, 5.74) is 3.80. The van der Waals surface area contributed by atoms with Gasteiger partial charge in [0.1, 0.15) is 0 Å². The van der Waals surface area contributed by atoms with Gasteiger partial charge in [-0.3, -0.25) is 4.79 Å². The van der Waals surface area contributed by atoms with Crippen molar-refractivity contribution in [2.45, 2.75) is 32.2 Å². The number of urea groups is 1. The van der Waals surface area contributed by atoms with Crippen molar-refractivity contribution in [2.75, 3.05) is 33.2 Å². The fraction of sp³-hybridized carbons (Fsp3) is 0.391. The first-order valence-corrected chi connectivity index (χ1v) is 9.98. The number of amides is 2. The number of aryl methyl sites for hydroxylation is 1. The summed E-state index contributed by atoms with van der Waals surface area (Å²) in [4.78, 5) is 26.9. The van der Waals surface area contributed by atoms with E-state index in [0.29, 0.717) is 30.2 Å². The van der Waals surface area contributed by atoms with E-state index in [4.69, 9.17) is 14.2 Å². The van der Waals surface area contributed by atoms with Crippen LogP contribution >= 0.6 is 0 Å². The zero-order chi connectivity index (χ0) is 21.7. The predicted molar refractivity (Wildman–Crippen MR) is 114 cm³/mol. The maximum absolute atomic E-state index is 13.1. The maximum atomic E-state index is 13.1. The summed E-state index contributed by atoms with van der Waals surface area (Å²) in [7, 11) is 4.50. The lowest BCUT2D eigenvalue weighted by molar-refractivity contribution is -0.141. The maximum Gasteiger partial charge on any atom is 0.322 e. The fourth-order valence-corrected chi connectivity index (χ4v) is 3.75. The summed E-state index contributed by atoms with van der Waals surface area (Å²) in [6.07, 6.45) is 1.64. The molecule has 7 nitrogen and oxygen atoms in total. The van der Waals surface area contributed by atoms with Gasteiger partial charge in [0.05, 0.1) is 33.8 Å².